The van der Waals surface area contributed by atoms with E-state index in [1.54, 1.807) is 43.5 Å². The lowest BCUT2D eigenvalue weighted by molar-refractivity contribution is -0.132. The summed E-state index contributed by atoms with van der Waals surface area (Å²) in [6, 6.07) is 11.6. The molecule has 2 fully saturated rings. The molecular formula is C25H23ClN2O4S. The van der Waals surface area contributed by atoms with Gasteiger partial charge in [-0.05, 0) is 61.2 Å². The van der Waals surface area contributed by atoms with E-state index >= 15 is 0 Å². The van der Waals surface area contributed by atoms with Crippen LogP contribution >= 0.6 is 22.9 Å². The zero-order chi connectivity index (χ0) is 23.1. The molecule has 1 N–H and O–H groups in total. The van der Waals surface area contributed by atoms with E-state index in [0.29, 0.717) is 21.5 Å². The third kappa shape index (κ3) is 3.89. The third-order valence-corrected chi connectivity index (χ3v) is 7.74. The standard InChI is InChI=1S/C25H23ClN2O4S/c1-32-17-10-7-15(8-11-17)22(29)20-21(14-5-3-2-4-6-14)28(24(31)23(20)30)25-27-18-12-9-16(26)13-19(18)33-25/h7-14,21,29H,2-6H2,1H3/b22-20-. The normalized spacial score (nSPS) is 21.2. The summed E-state index contributed by atoms with van der Waals surface area (Å²) in [5.74, 6) is -0.760. The van der Waals surface area contributed by atoms with Crippen LogP contribution in [0.5, 0.6) is 5.75 Å². The number of halogens is 1. The monoisotopic (exact) mass is 482 g/mol. The summed E-state index contributed by atoms with van der Waals surface area (Å²) in [6.45, 7) is 0. The number of rotatable bonds is 4. The minimum absolute atomic E-state index is 0.0696. The fourth-order valence-corrected chi connectivity index (χ4v) is 6.13. The molecule has 0 spiro atoms. The molecule has 1 unspecified atom stereocenters. The molecule has 2 aromatic carbocycles. The van der Waals surface area contributed by atoms with Gasteiger partial charge >= 0.3 is 5.91 Å². The second kappa shape index (κ2) is 8.80. The molecule has 1 aromatic heterocycles. The maximum absolute atomic E-state index is 13.3. The summed E-state index contributed by atoms with van der Waals surface area (Å²) < 4.78 is 6.04. The second-order valence-corrected chi connectivity index (χ2v) is 9.89. The Balaban J connectivity index is 1.64. The van der Waals surface area contributed by atoms with Crippen LogP contribution in [0.25, 0.3) is 16.0 Å². The Labute approximate surface area is 200 Å². The molecule has 0 bridgehead atoms. The number of carbonyl (C=O) groups excluding carboxylic acids is 2. The molecule has 8 heteroatoms. The molecule has 1 amide bonds. The molecule has 6 nitrogen and oxygen atoms in total. The first kappa shape index (κ1) is 21.9. The predicted molar refractivity (Wildman–Crippen MR) is 130 cm³/mol. The van der Waals surface area contributed by atoms with Crippen LogP contribution in [-0.4, -0.2) is 34.9 Å². The van der Waals surface area contributed by atoms with Crippen molar-refractivity contribution < 1.29 is 19.4 Å². The predicted octanol–water partition coefficient (Wildman–Crippen LogP) is 5.79. The topological polar surface area (TPSA) is 79.7 Å². The molecule has 1 saturated carbocycles. The number of carbonyl (C=O) groups is 2. The molecular weight excluding hydrogens is 460 g/mol. The number of aromatic nitrogens is 1. The molecule has 0 radical (unpaired) electrons. The number of methoxy groups -OCH3 is 1. The van der Waals surface area contributed by atoms with Crippen molar-refractivity contribution in [1.82, 2.24) is 4.98 Å². The smallest absolute Gasteiger partial charge is 0.301 e. The average molecular weight is 483 g/mol. The molecule has 2 heterocycles. The number of nitrogens with zero attached hydrogens (tertiary/aromatic N) is 2. The molecule has 1 aliphatic carbocycles. The van der Waals surface area contributed by atoms with Crippen LogP contribution < -0.4 is 9.64 Å². The summed E-state index contributed by atoms with van der Waals surface area (Å²) in [6.07, 6.45) is 4.97. The minimum Gasteiger partial charge on any atom is -0.507 e. The number of hydrogen-bond acceptors (Lipinski definition) is 6. The van der Waals surface area contributed by atoms with Crippen molar-refractivity contribution in [2.75, 3.05) is 12.0 Å². The fourth-order valence-electron chi connectivity index (χ4n) is 4.86. The van der Waals surface area contributed by atoms with E-state index in [1.807, 2.05) is 6.07 Å². The van der Waals surface area contributed by atoms with E-state index < -0.39 is 17.7 Å². The van der Waals surface area contributed by atoms with E-state index in [4.69, 9.17) is 16.3 Å². The quantitative estimate of drug-likeness (QED) is 0.289. The van der Waals surface area contributed by atoms with Crippen molar-refractivity contribution in [3.05, 3.63) is 58.6 Å². The van der Waals surface area contributed by atoms with Crippen LogP contribution in [0, 0.1) is 5.92 Å². The first-order valence-corrected chi connectivity index (χ1v) is 12.2. The van der Waals surface area contributed by atoms with E-state index in [1.165, 1.54) is 16.2 Å². The SMILES string of the molecule is COc1ccc(/C(O)=C2/C(=O)C(=O)N(c3nc4ccc(Cl)cc4s3)C2C2CCCCC2)cc1. The molecule has 5 rings (SSSR count). The Hall–Kier alpha value is -2.90. The lowest BCUT2D eigenvalue weighted by Gasteiger charge is -2.32. The van der Waals surface area contributed by atoms with E-state index in [-0.39, 0.29) is 17.3 Å². The van der Waals surface area contributed by atoms with Gasteiger partial charge in [-0.15, -0.1) is 0 Å². The van der Waals surface area contributed by atoms with E-state index in [2.05, 4.69) is 4.98 Å². The molecule has 3 aromatic rings. The van der Waals surface area contributed by atoms with Crippen LogP contribution in [0.2, 0.25) is 5.02 Å². The number of fused-ring (bicyclic) bond motifs is 1. The van der Waals surface area contributed by atoms with Gasteiger partial charge in [0.2, 0.25) is 0 Å². The number of anilines is 1. The molecule has 170 valence electrons. The summed E-state index contributed by atoms with van der Waals surface area (Å²) in [5, 5.41) is 12.3. The van der Waals surface area contributed by atoms with Gasteiger partial charge in [-0.2, -0.15) is 0 Å². The van der Waals surface area contributed by atoms with Gasteiger partial charge in [-0.25, -0.2) is 4.98 Å². The van der Waals surface area contributed by atoms with Gasteiger partial charge in [0.15, 0.2) is 5.13 Å². The highest BCUT2D eigenvalue weighted by Crippen LogP contribution is 2.43. The zero-order valence-electron chi connectivity index (χ0n) is 18.1. The highest BCUT2D eigenvalue weighted by atomic mass is 35.5. The van der Waals surface area contributed by atoms with Crippen LogP contribution in [-0.2, 0) is 9.59 Å². The largest absolute Gasteiger partial charge is 0.507 e. The Kier molecular flexibility index (Phi) is 5.85. The number of Topliss-reactive ketones (excluding diaryl/α,β-unsaturated/α-hetero) is 1. The van der Waals surface area contributed by atoms with Crippen molar-refractivity contribution in [2.45, 2.75) is 38.1 Å². The van der Waals surface area contributed by atoms with Crippen molar-refractivity contribution in [1.29, 1.82) is 0 Å². The van der Waals surface area contributed by atoms with Gasteiger partial charge < -0.3 is 9.84 Å². The number of thiazole rings is 1. The Bertz CT molecular complexity index is 1260. The lowest BCUT2D eigenvalue weighted by Crippen LogP contribution is -2.40. The summed E-state index contributed by atoms with van der Waals surface area (Å²) in [5.41, 5.74) is 1.36. The molecule has 1 atom stereocenters. The number of benzene rings is 2. The van der Waals surface area contributed by atoms with Gasteiger partial charge in [-0.3, -0.25) is 14.5 Å². The Morgan fingerprint density at radius 1 is 1.12 bits per heavy atom. The van der Waals surface area contributed by atoms with Gasteiger partial charge in [-0.1, -0.05) is 42.2 Å². The van der Waals surface area contributed by atoms with Gasteiger partial charge in [0.05, 0.1) is 28.9 Å². The fraction of sp³-hybridized carbons (Fsp3) is 0.320. The van der Waals surface area contributed by atoms with Crippen LogP contribution in [0.15, 0.2) is 48.0 Å². The summed E-state index contributed by atoms with van der Waals surface area (Å²) >= 11 is 7.47. The van der Waals surface area contributed by atoms with E-state index in [0.717, 1.165) is 42.3 Å². The minimum atomic E-state index is -0.670. The highest BCUT2D eigenvalue weighted by molar-refractivity contribution is 7.22. The Morgan fingerprint density at radius 2 is 1.85 bits per heavy atom. The maximum atomic E-state index is 13.3. The number of ketones is 1. The average Bonchev–Trinajstić information content (AvgIpc) is 3.37. The highest BCUT2D eigenvalue weighted by Gasteiger charge is 2.50. The van der Waals surface area contributed by atoms with Crippen LogP contribution in [0.1, 0.15) is 37.7 Å². The number of amides is 1. The zero-order valence-corrected chi connectivity index (χ0v) is 19.7. The molecule has 1 aliphatic heterocycles. The first-order chi connectivity index (χ1) is 16.0. The van der Waals surface area contributed by atoms with E-state index in [9.17, 15) is 14.7 Å². The lowest BCUT2D eigenvalue weighted by atomic mass is 9.80. The van der Waals surface area contributed by atoms with Crippen LogP contribution in [0.3, 0.4) is 0 Å². The number of aliphatic hydroxyl groups excluding tert-OH is 1. The second-order valence-electron chi connectivity index (χ2n) is 8.45. The molecule has 2 aliphatic rings. The van der Waals surface area contributed by atoms with Gasteiger partial charge in [0, 0.05) is 10.6 Å². The summed E-state index contributed by atoms with van der Waals surface area (Å²) in [7, 11) is 1.56. The summed E-state index contributed by atoms with van der Waals surface area (Å²) in [4.78, 5) is 32.7. The Morgan fingerprint density at radius 3 is 2.55 bits per heavy atom. The van der Waals surface area contributed by atoms with Crippen molar-refractivity contribution in [3.8, 4) is 5.75 Å². The maximum Gasteiger partial charge on any atom is 0.301 e. The van der Waals surface area contributed by atoms with Crippen molar-refractivity contribution in [2.24, 2.45) is 5.92 Å². The number of ether oxygens (including phenoxy) is 1. The molecule has 1 saturated heterocycles. The first-order valence-electron chi connectivity index (χ1n) is 11.0. The third-order valence-electron chi connectivity index (χ3n) is 6.49. The number of aliphatic hydroxyl groups is 1. The van der Waals surface area contributed by atoms with Gasteiger partial charge in [0.25, 0.3) is 5.78 Å². The van der Waals surface area contributed by atoms with Crippen LogP contribution in [0.4, 0.5) is 5.13 Å². The number of hydrogen-bond donors (Lipinski definition) is 1. The van der Waals surface area contributed by atoms with Gasteiger partial charge in [0.1, 0.15) is 11.5 Å². The molecule has 33 heavy (non-hydrogen) atoms. The van der Waals surface area contributed by atoms with Crippen molar-refractivity contribution >= 4 is 55.7 Å². The van der Waals surface area contributed by atoms with Crippen molar-refractivity contribution in [3.63, 3.8) is 0 Å².